The zero-order chi connectivity index (χ0) is 19.1. The van der Waals surface area contributed by atoms with Gasteiger partial charge in [-0.1, -0.05) is 22.0 Å². The lowest BCUT2D eigenvalue weighted by Gasteiger charge is -2.11. The van der Waals surface area contributed by atoms with Crippen LogP contribution in [0.3, 0.4) is 0 Å². The summed E-state index contributed by atoms with van der Waals surface area (Å²) >= 11 is 4.79. The van der Waals surface area contributed by atoms with Crippen molar-refractivity contribution >= 4 is 45.3 Å². The van der Waals surface area contributed by atoms with Gasteiger partial charge >= 0.3 is 5.97 Å². The fourth-order valence-electron chi connectivity index (χ4n) is 2.20. The maximum absolute atomic E-state index is 12.0. The Morgan fingerprint density at radius 1 is 1.15 bits per heavy atom. The molecule has 2 aromatic carbocycles. The number of rotatable bonds is 7. The topological polar surface area (TPSA) is 64.6 Å². The maximum atomic E-state index is 12.0. The van der Waals surface area contributed by atoms with Crippen LogP contribution in [0.2, 0.25) is 0 Å². The molecule has 2 aromatic rings. The van der Waals surface area contributed by atoms with E-state index < -0.39 is 11.9 Å². The molecule has 0 aliphatic carbocycles. The van der Waals surface area contributed by atoms with Crippen LogP contribution in [0.1, 0.15) is 11.1 Å². The Kier molecular flexibility index (Phi) is 7.53. The third-order valence-electron chi connectivity index (χ3n) is 3.48. The number of thioether (sulfide) groups is 1. The Balaban J connectivity index is 1.81. The van der Waals surface area contributed by atoms with Crippen LogP contribution in [0.25, 0.3) is 0 Å². The number of hydrogen-bond acceptors (Lipinski definition) is 5. The Labute approximate surface area is 165 Å². The Bertz CT molecular complexity index is 810. The van der Waals surface area contributed by atoms with E-state index in [0.717, 1.165) is 20.5 Å². The smallest absolute Gasteiger partial charge is 0.316 e. The number of anilines is 1. The second-order valence-electron chi connectivity index (χ2n) is 5.61. The SMILES string of the molecule is COc1ccc(C)cc1NC(=O)COC(=O)CSc1ccc(Br)cc1C. The van der Waals surface area contributed by atoms with Gasteiger partial charge in [-0.05, 0) is 55.3 Å². The second-order valence-corrected chi connectivity index (χ2v) is 7.54. The highest BCUT2D eigenvalue weighted by molar-refractivity contribution is 9.10. The van der Waals surface area contributed by atoms with Crippen molar-refractivity contribution in [2.45, 2.75) is 18.7 Å². The Morgan fingerprint density at radius 2 is 1.92 bits per heavy atom. The summed E-state index contributed by atoms with van der Waals surface area (Å²) < 4.78 is 11.2. The predicted octanol–water partition coefficient (Wildman–Crippen LogP) is 4.35. The summed E-state index contributed by atoms with van der Waals surface area (Å²) in [6.45, 7) is 3.55. The number of carbonyl (C=O) groups is 2. The van der Waals surface area contributed by atoms with Crippen LogP contribution < -0.4 is 10.1 Å². The number of hydrogen-bond donors (Lipinski definition) is 1. The molecule has 138 valence electrons. The van der Waals surface area contributed by atoms with Gasteiger partial charge in [0.25, 0.3) is 5.91 Å². The van der Waals surface area contributed by atoms with Gasteiger partial charge in [0.05, 0.1) is 18.6 Å². The minimum Gasteiger partial charge on any atom is -0.495 e. The molecule has 0 atom stereocenters. The van der Waals surface area contributed by atoms with E-state index in [2.05, 4.69) is 21.2 Å². The molecule has 1 amide bonds. The van der Waals surface area contributed by atoms with Gasteiger partial charge in [-0.25, -0.2) is 0 Å². The molecule has 1 N–H and O–H groups in total. The van der Waals surface area contributed by atoms with Gasteiger partial charge in [0, 0.05) is 9.37 Å². The van der Waals surface area contributed by atoms with Gasteiger partial charge in [0.15, 0.2) is 6.61 Å². The Morgan fingerprint density at radius 3 is 2.62 bits per heavy atom. The number of ether oxygens (including phenoxy) is 2. The summed E-state index contributed by atoms with van der Waals surface area (Å²) in [5.74, 6) is -0.156. The molecule has 0 unspecified atom stereocenters. The molecule has 0 spiro atoms. The van der Waals surface area contributed by atoms with Crippen LogP contribution in [-0.4, -0.2) is 31.3 Å². The van der Waals surface area contributed by atoms with E-state index in [0.29, 0.717) is 11.4 Å². The van der Waals surface area contributed by atoms with Crippen LogP contribution in [0.5, 0.6) is 5.75 Å². The fourth-order valence-corrected chi connectivity index (χ4v) is 3.49. The standard InChI is InChI=1S/C19H20BrNO4S/c1-12-4-6-16(24-3)15(8-12)21-18(22)10-25-19(23)11-26-17-7-5-14(20)9-13(17)2/h4-9H,10-11H2,1-3H3,(H,21,22). The summed E-state index contributed by atoms with van der Waals surface area (Å²) in [5.41, 5.74) is 2.61. The monoisotopic (exact) mass is 437 g/mol. The van der Waals surface area contributed by atoms with Crippen molar-refractivity contribution in [2.75, 3.05) is 24.8 Å². The van der Waals surface area contributed by atoms with Gasteiger partial charge in [0.1, 0.15) is 5.75 Å². The number of amides is 1. The molecule has 0 aliphatic heterocycles. The normalized spacial score (nSPS) is 10.3. The molecule has 7 heteroatoms. The number of aryl methyl sites for hydroxylation is 2. The third kappa shape index (κ3) is 6.07. The van der Waals surface area contributed by atoms with E-state index >= 15 is 0 Å². The lowest BCUT2D eigenvalue weighted by molar-refractivity contribution is -0.144. The highest BCUT2D eigenvalue weighted by Crippen LogP contribution is 2.26. The van der Waals surface area contributed by atoms with E-state index in [1.165, 1.54) is 18.9 Å². The first-order valence-electron chi connectivity index (χ1n) is 7.88. The molecule has 26 heavy (non-hydrogen) atoms. The molecular formula is C19H20BrNO4S. The highest BCUT2D eigenvalue weighted by Gasteiger charge is 2.12. The molecule has 0 bridgehead atoms. The van der Waals surface area contributed by atoms with Gasteiger partial charge < -0.3 is 14.8 Å². The van der Waals surface area contributed by atoms with Gasteiger partial charge in [-0.2, -0.15) is 0 Å². The lowest BCUT2D eigenvalue weighted by atomic mass is 10.2. The van der Waals surface area contributed by atoms with Crippen molar-refractivity contribution in [1.29, 1.82) is 0 Å². The molecule has 0 saturated carbocycles. The molecule has 0 aromatic heterocycles. The van der Waals surface area contributed by atoms with Crippen molar-refractivity contribution in [3.05, 3.63) is 52.0 Å². The zero-order valence-electron chi connectivity index (χ0n) is 14.8. The van der Waals surface area contributed by atoms with Crippen molar-refractivity contribution in [1.82, 2.24) is 0 Å². The summed E-state index contributed by atoms with van der Waals surface area (Å²) in [5, 5.41) is 2.69. The lowest BCUT2D eigenvalue weighted by Crippen LogP contribution is -2.22. The maximum Gasteiger partial charge on any atom is 0.316 e. The first-order valence-corrected chi connectivity index (χ1v) is 9.66. The number of halogens is 1. The zero-order valence-corrected chi connectivity index (χ0v) is 17.2. The van der Waals surface area contributed by atoms with Gasteiger partial charge in [-0.3, -0.25) is 9.59 Å². The molecule has 0 saturated heterocycles. The van der Waals surface area contributed by atoms with Crippen molar-refractivity contribution in [3.8, 4) is 5.75 Å². The van der Waals surface area contributed by atoms with Crippen molar-refractivity contribution < 1.29 is 19.1 Å². The first-order chi connectivity index (χ1) is 12.4. The van der Waals surface area contributed by atoms with Gasteiger partial charge in [-0.15, -0.1) is 11.8 Å². The van der Waals surface area contributed by atoms with E-state index in [1.54, 1.807) is 12.1 Å². The molecule has 2 rings (SSSR count). The second kappa shape index (κ2) is 9.64. The van der Waals surface area contributed by atoms with Crippen LogP contribution >= 0.6 is 27.7 Å². The van der Waals surface area contributed by atoms with Crippen LogP contribution in [-0.2, 0) is 14.3 Å². The van der Waals surface area contributed by atoms with Gasteiger partial charge in [0.2, 0.25) is 0 Å². The third-order valence-corrected chi connectivity index (χ3v) is 5.12. The van der Waals surface area contributed by atoms with Crippen molar-refractivity contribution in [2.24, 2.45) is 0 Å². The average Bonchev–Trinajstić information content (AvgIpc) is 2.59. The quantitative estimate of drug-likeness (QED) is 0.515. The van der Waals surface area contributed by atoms with Crippen molar-refractivity contribution in [3.63, 3.8) is 0 Å². The van der Waals surface area contributed by atoms with E-state index in [1.807, 2.05) is 38.1 Å². The predicted molar refractivity (Wildman–Crippen MR) is 107 cm³/mol. The number of nitrogens with one attached hydrogen (secondary N) is 1. The minimum absolute atomic E-state index is 0.142. The summed E-state index contributed by atoms with van der Waals surface area (Å²) in [7, 11) is 1.53. The molecule has 0 fully saturated rings. The largest absolute Gasteiger partial charge is 0.495 e. The summed E-state index contributed by atoms with van der Waals surface area (Å²) in [4.78, 5) is 24.9. The average molecular weight is 438 g/mol. The van der Waals surface area contributed by atoms with Crippen LogP contribution in [0.15, 0.2) is 45.8 Å². The van der Waals surface area contributed by atoms with E-state index in [9.17, 15) is 9.59 Å². The molecule has 0 heterocycles. The summed E-state index contributed by atoms with van der Waals surface area (Å²) in [6.07, 6.45) is 0. The van der Waals surface area contributed by atoms with E-state index in [-0.39, 0.29) is 12.4 Å². The van der Waals surface area contributed by atoms with E-state index in [4.69, 9.17) is 9.47 Å². The molecule has 5 nitrogen and oxygen atoms in total. The number of methoxy groups -OCH3 is 1. The summed E-state index contributed by atoms with van der Waals surface area (Å²) in [6, 6.07) is 11.3. The fraction of sp³-hybridized carbons (Fsp3) is 0.263. The molecule has 0 radical (unpaired) electrons. The first kappa shape index (κ1) is 20.3. The van der Waals surface area contributed by atoms with Crippen LogP contribution in [0, 0.1) is 13.8 Å². The highest BCUT2D eigenvalue weighted by atomic mass is 79.9. The molecular weight excluding hydrogens is 418 g/mol. The Hall–Kier alpha value is -1.99. The number of carbonyl (C=O) groups excluding carboxylic acids is 2. The number of esters is 1. The molecule has 0 aliphatic rings. The minimum atomic E-state index is -0.441. The number of benzene rings is 2. The van der Waals surface area contributed by atoms with Crippen LogP contribution in [0.4, 0.5) is 5.69 Å².